The van der Waals surface area contributed by atoms with Crippen LogP contribution >= 0.6 is 11.3 Å². The third kappa shape index (κ3) is 4.97. The van der Waals surface area contributed by atoms with Crippen LogP contribution in [0, 0.1) is 24.5 Å². The lowest BCUT2D eigenvalue weighted by Gasteiger charge is -2.30. The van der Waals surface area contributed by atoms with Crippen LogP contribution in [0.15, 0.2) is 46.3 Å². The second kappa shape index (κ2) is 10.0. The summed E-state index contributed by atoms with van der Waals surface area (Å²) < 4.78 is 62.6. The third-order valence-corrected chi connectivity index (χ3v) is 8.72. The number of benzene rings is 2. The van der Waals surface area contributed by atoms with Crippen LogP contribution in [0.4, 0.5) is 8.78 Å². The Labute approximate surface area is 200 Å². The second-order valence-electron chi connectivity index (χ2n) is 8.23. The Morgan fingerprint density at radius 2 is 1.97 bits per heavy atom. The number of ether oxygens (including phenoxy) is 1. The molecule has 1 atom stereocenters. The van der Waals surface area contributed by atoms with Gasteiger partial charge in [-0.05, 0) is 38.0 Å². The highest BCUT2D eigenvalue weighted by molar-refractivity contribution is 7.89. The van der Waals surface area contributed by atoms with Gasteiger partial charge in [0, 0.05) is 32.8 Å². The van der Waals surface area contributed by atoms with Gasteiger partial charge in [0.15, 0.2) is 10.6 Å². The van der Waals surface area contributed by atoms with Crippen molar-refractivity contribution in [3.8, 4) is 0 Å². The van der Waals surface area contributed by atoms with Gasteiger partial charge in [-0.15, -0.1) is 0 Å². The molecule has 7 nitrogen and oxygen atoms in total. The van der Waals surface area contributed by atoms with E-state index in [9.17, 15) is 22.0 Å². The van der Waals surface area contributed by atoms with Crippen LogP contribution in [-0.2, 0) is 26.1 Å². The minimum atomic E-state index is -3.74. The quantitative estimate of drug-likeness (QED) is 0.510. The van der Waals surface area contributed by atoms with Crippen LogP contribution in [-0.4, -0.2) is 50.0 Å². The number of methoxy groups -OCH3 is 1. The van der Waals surface area contributed by atoms with Gasteiger partial charge in [0.2, 0.25) is 10.0 Å². The van der Waals surface area contributed by atoms with Crippen LogP contribution in [0.5, 0.6) is 0 Å². The van der Waals surface area contributed by atoms with Crippen LogP contribution in [0.1, 0.15) is 18.4 Å². The Bertz CT molecular complexity index is 1380. The van der Waals surface area contributed by atoms with Crippen molar-refractivity contribution in [3.05, 3.63) is 58.4 Å². The monoisotopic (exact) mass is 509 g/mol. The molecule has 0 bridgehead atoms. The summed E-state index contributed by atoms with van der Waals surface area (Å²) in [6.07, 6.45) is 1.02. The summed E-state index contributed by atoms with van der Waals surface area (Å²) in [5, 5.41) is 0. The number of amides is 1. The minimum absolute atomic E-state index is 0.0184. The maximum absolute atomic E-state index is 14.5. The van der Waals surface area contributed by atoms with Crippen molar-refractivity contribution >= 4 is 37.5 Å². The van der Waals surface area contributed by atoms with Crippen molar-refractivity contribution in [1.82, 2.24) is 8.87 Å². The molecule has 182 valence electrons. The van der Waals surface area contributed by atoms with E-state index in [1.165, 1.54) is 22.0 Å². The molecule has 1 aliphatic heterocycles. The number of thiazole rings is 1. The van der Waals surface area contributed by atoms with E-state index in [4.69, 9.17) is 4.74 Å². The number of carbonyl (C=O) groups is 1. The van der Waals surface area contributed by atoms with Crippen molar-refractivity contribution < 1.29 is 26.7 Å². The molecular weight excluding hydrogens is 484 g/mol. The van der Waals surface area contributed by atoms with Gasteiger partial charge in [0.25, 0.3) is 5.91 Å². The normalized spacial score (nSPS) is 18.0. The van der Waals surface area contributed by atoms with E-state index in [1.54, 1.807) is 24.3 Å². The summed E-state index contributed by atoms with van der Waals surface area (Å²) in [5.74, 6) is -2.57. The molecule has 0 N–H and O–H groups in total. The van der Waals surface area contributed by atoms with Gasteiger partial charge < -0.3 is 9.30 Å². The molecule has 4 rings (SSSR count). The molecule has 11 heteroatoms. The van der Waals surface area contributed by atoms with Crippen molar-refractivity contribution in [1.29, 1.82) is 0 Å². The molecule has 1 unspecified atom stereocenters. The number of hydrogen-bond donors (Lipinski definition) is 0. The molecule has 2 heterocycles. The van der Waals surface area contributed by atoms with Crippen LogP contribution in [0.25, 0.3) is 10.2 Å². The number of aryl methyl sites for hydroxylation is 1. The lowest BCUT2D eigenvalue weighted by atomic mass is 9.99. The van der Waals surface area contributed by atoms with E-state index in [1.807, 2.05) is 6.92 Å². The number of aromatic nitrogens is 1. The van der Waals surface area contributed by atoms with Gasteiger partial charge >= 0.3 is 0 Å². The van der Waals surface area contributed by atoms with E-state index >= 15 is 0 Å². The van der Waals surface area contributed by atoms with Gasteiger partial charge in [-0.25, -0.2) is 17.2 Å². The van der Waals surface area contributed by atoms with E-state index in [-0.39, 0.29) is 34.9 Å². The number of halogens is 2. The molecule has 1 saturated heterocycles. The molecule has 3 aromatic rings. The van der Waals surface area contributed by atoms with E-state index < -0.39 is 33.5 Å². The van der Waals surface area contributed by atoms with Crippen molar-refractivity contribution in [2.75, 3.05) is 26.8 Å². The van der Waals surface area contributed by atoms with E-state index in [2.05, 4.69) is 4.99 Å². The number of carbonyl (C=O) groups excluding carboxylic acids is 1. The smallest absolute Gasteiger partial charge is 0.252 e. The van der Waals surface area contributed by atoms with Gasteiger partial charge in [-0.2, -0.15) is 9.30 Å². The molecule has 1 fully saturated rings. The third-order valence-electron chi connectivity index (χ3n) is 5.81. The summed E-state index contributed by atoms with van der Waals surface area (Å²) in [6, 6.07) is 8.58. The molecular formula is C23H25F2N3O4S2. The molecule has 1 amide bonds. The number of nitrogens with zero attached hydrogens (tertiary/aromatic N) is 3. The zero-order valence-electron chi connectivity index (χ0n) is 18.8. The average molecular weight is 510 g/mol. The summed E-state index contributed by atoms with van der Waals surface area (Å²) >= 11 is 1.01. The van der Waals surface area contributed by atoms with Gasteiger partial charge in [-0.1, -0.05) is 29.0 Å². The maximum atomic E-state index is 14.5. The van der Waals surface area contributed by atoms with Crippen LogP contribution in [0.2, 0.25) is 0 Å². The molecule has 0 saturated carbocycles. The molecule has 0 aliphatic carbocycles. The highest BCUT2D eigenvalue weighted by atomic mass is 32.2. The van der Waals surface area contributed by atoms with Crippen molar-refractivity contribution in [2.45, 2.75) is 31.2 Å². The van der Waals surface area contributed by atoms with E-state index in [0.717, 1.165) is 23.0 Å². The lowest BCUT2D eigenvalue weighted by Crippen LogP contribution is -2.42. The number of rotatable bonds is 6. The minimum Gasteiger partial charge on any atom is -0.383 e. The Kier molecular flexibility index (Phi) is 7.27. The molecule has 2 aromatic carbocycles. The highest BCUT2D eigenvalue weighted by Gasteiger charge is 2.33. The second-order valence-corrected chi connectivity index (χ2v) is 11.2. The number of piperidine rings is 1. The largest absolute Gasteiger partial charge is 0.383 e. The Hall–Kier alpha value is -2.47. The summed E-state index contributed by atoms with van der Waals surface area (Å²) in [4.78, 5) is 17.7. The van der Waals surface area contributed by atoms with Crippen molar-refractivity contribution in [2.24, 2.45) is 10.9 Å². The van der Waals surface area contributed by atoms with Gasteiger partial charge in [0.1, 0.15) is 5.82 Å². The summed E-state index contributed by atoms with van der Waals surface area (Å²) in [5.41, 5.74) is 1.10. The summed E-state index contributed by atoms with van der Waals surface area (Å²) in [7, 11) is -2.24. The predicted molar refractivity (Wildman–Crippen MR) is 125 cm³/mol. The first-order valence-corrected chi connectivity index (χ1v) is 13.1. The zero-order valence-corrected chi connectivity index (χ0v) is 20.5. The Morgan fingerprint density at radius 1 is 1.24 bits per heavy atom. The fraction of sp³-hybridized carbons (Fsp3) is 0.391. The molecule has 1 aliphatic rings. The Balaban J connectivity index is 1.65. The highest BCUT2D eigenvalue weighted by Crippen LogP contribution is 2.26. The SMILES string of the molecule is COCCn1c(=NC(=O)C2CCCN(S(=O)(=O)c3ccc(C)cc3)C2)sc2cc(F)cc(F)c21. The number of hydrogen-bond acceptors (Lipinski definition) is 5. The lowest BCUT2D eigenvalue weighted by molar-refractivity contribution is -0.122. The predicted octanol–water partition coefficient (Wildman–Crippen LogP) is 3.46. The van der Waals surface area contributed by atoms with E-state index in [0.29, 0.717) is 24.1 Å². The number of sulfonamides is 1. The fourth-order valence-electron chi connectivity index (χ4n) is 4.01. The topological polar surface area (TPSA) is 81.0 Å². The van der Waals surface area contributed by atoms with Crippen LogP contribution in [0.3, 0.4) is 0 Å². The zero-order chi connectivity index (χ0) is 24.5. The molecule has 0 spiro atoms. The first kappa shape index (κ1) is 24.6. The first-order valence-electron chi connectivity index (χ1n) is 10.8. The molecule has 0 radical (unpaired) electrons. The number of fused-ring (bicyclic) bond motifs is 1. The van der Waals surface area contributed by atoms with Crippen molar-refractivity contribution in [3.63, 3.8) is 0 Å². The fourth-order valence-corrected chi connectivity index (χ4v) is 6.64. The maximum Gasteiger partial charge on any atom is 0.252 e. The van der Waals surface area contributed by atoms with Crippen LogP contribution < -0.4 is 4.80 Å². The standard InChI is InChI=1S/C23H25F2N3O4S2/c1-15-5-7-18(8-6-15)34(30,31)27-9-3-4-16(14-27)22(29)26-23-28(10-11-32-2)21-19(25)12-17(24)13-20(21)33-23/h5-8,12-13,16H,3-4,9-11,14H2,1-2H3. The Morgan fingerprint density at radius 3 is 2.68 bits per heavy atom. The average Bonchev–Trinajstić information content (AvgIpc) is 3.14. The first-order chi connectivity index (χ1) is 16.2. The van der Waals surface area contributed by atoms with Gasteiger partial charge in [0.05, 0.1) is 27.6 Å². The molecule has 1 aromatic heterocycles. The summed E-state index contributed by atoms with van der Waals surface area (Å²) in [6.45, 7) is 2.69. The van der Waals surface area contributed by atoms with Gasteiger partial charge in [-0.3, -0.25) is 4.79 Å². The molecule has 34 heavy (non-hydrogen) atoms.